The minimum absolute atomic E-state index is 0.0792. The fourth-order valence-corrected chi connectivity index (χ4v) is 4.12. The van der Waals surface area contributed by atoms with Gasteiger partial charge in [0.25, 0.3) is 5.69 Å². The number of amides is 1. The highest BCUT2D eigenvalue weighted by atomic mass is 79.9. The Morgan fingerprint density at radius 3 is 2.60 bits per heavy atom. The van der Waals surface area contributed by atoms with Crippen LogP contribution in [0.1, 0.15) is 24.6 Å². The van der Waals surface area contributed by atoms with Crippen molar-refractivity contribution in [2.24, 2.45) is 0 Å². The summed E-state index contributed by atoms with van der Waals surface area (Å²) in [4.78, 5) is 22.5. The van der Waals surface area contributed by atoms with Crippen LogP contribution in [0.3, 0.4) is 0 Å². The summed E-state index contributed by atoms with van der Waals surface area (Å²) in [6.45, 7) is 0. The summed E-state index contributed by atoms with van der Waals surface area (Å²) in [6, 6.07) is 2.65. The molecule has 1 saturated carbocycles. The lowest BCUT2D eigenvalue weighted by molar-refractivity contribution is -0.385. The number of non-ortho nitro benzene ring substituents is 1. The highest BCUT2D eigenvalue weighted by molar-refractivity contribution is 9.11. The Hall–Kier alpha value is -1.66. The molecule has 1 aliphatic carbocycles. The topological polar surface area (TPSA) is 129 Å². The first-order chi connectivity index (χ1) is 11.9. The Bertz CT molecular complexity index is 831. The van der Waals surface area contributed by atoms with Gasteiger partial charge in [-0.25, -0.2) is 4.68 Å². The van der Waals surface area contributed by atoms with E-state index in [2.05, 4.69) is 47.4 Å². The number of nitrogen functional groups attached to an aromatic ring is 1. The number of nitro benzene ring substituents is 1. The van der Waals surface area contributed by atoms with Crippen molar-refractivity contribution in [1.82, 2.24) is 14.9 Å². The highest BCUT2D eigenvalue weighted by Gasteiger charge is 2.30. The zero-order valence-electron chi connectivity index (χ0n) is 12.6. The van der Waals surface area contributed by atoms with E-state index in [4.69, 9.17) is 5.84 Å². The second-order valence-electron chi connectivity index (χ2n) is 5.36. The maximum Gasteiger partial charge on any atom is 0.271 e. The second-order valence-corrected chi connectivity index (χ2v) is 8.01. The predicted molar refractivity (Wildman–Crippen MR) is 100.0 cm³/mol. The molecule has 1 fully saturated rings. The molecule has 2 aromatic rings. The van der Waals surface area contributed by atoms with Gasteiger partial charge in [-0.15, -0.1) is 10.2 Å². The maximum atomic E-state index is 12.2. The Morgan fingerprint density at radius 2 is 2.04 bits per heavy atom. The van der Waals surface area contributed by atoms with E-state index in [-0.39, 0.29) is 17.3 Å². The van der Waals surface area contributed by atoms with Crippen molar-refractivity contribution in [3.63, 3.8) is 0 Å². The fourth-order valence-electron chi connectivity index (χ4n) is 2.10. The van der Waals surface area contributed by atoms with Crippen LogP contribution in [0.25, 0.3) is 0 Å². The standard InChI is InChI=1S/C13H12Br2N6O3S/c14-8-3-7(21(23)24)4-9(15)11(8)17-10(22)5-25-13-19-18-12(20(13)16)6-1-2-6/h3-4,6H,1-2,5,16H2,(H,17,22). The molecule has 0 spiro atoms. The number of carbonyl (C=O) groups excluding carboxylic acids is 1. The molecule has 1 heterocycles. The molecule has 0 unspecified atom stereocenters. The van der Waals surface area contributed by atoms with Crippen molar-refractivity contribution in [3.05, 3.63) is 37.0 Å². The molecular formula is C13H12Br2N6O3S. The van der Waals surface area contributed by atoms with Crippen LogP contribution in [-0.2, 0) is 4.79 Å². The number of hydrogen-bond donors (Lipinski definition) is 2. The molecule has 0 bridgehead atoms. The molecular weight excluding hydrogens is 480 g/mol. The molecule has 0 saturated heterocycles. The van der Waals surface area contributed by atoms with Gasteiger partial charge in [0.05, 0.1) is 16.4 Å². The Kier molecular flexibility index (Phi) is 5.29. The van der Waals surface area contributed by atoms with Crippen LogP contribution in [0.15, 0.2) is 26.2 Å². The quantitative estimate of drug-likeness (QED) is 0.275. The van der Waals surface area contributed by atoms with Gasteiger partial charge < -0.3 is 11.2 Å². The molecule has 1 aliphatic rings. The number of hydrogen-bond acceptors (Lipinski definition) is 7. The first kappa shape index (κ1) is 18.1. The van der Waals surface area contributed by atoms with Crippen LogP contribution in [-0.4, -0.2) is 31.5 Å². The number of nitro groups is 1. The van der Waals surface area contributed by atoms with Crippen LogP contribution in [0.4, 0.5) is 11.4 Å². The number of nitrogens with two attached hydrogens (primary N) is 1. The fraction of sp³-hybridized carbons (Fsp3) is 0.308. The number of anilines is 1. The molecule has 0 radical (unpaired) electrons. The Morgan fingerprint density at radius 1 is 1.40 bits per heavy atom. The SMILES string of the molecule is Nn1c(SCC(=O)Nc2c(Br)cc([N+](=O)[O-])cc2Br)nnc1C1CC1. The summed E-state index contributed by atoms with van der Waals surface area (Å²) < 4.78 is 2.24. The average Bonchev–Trinajstić information content (AvgIpc) is 3.32. The van der Waals surface area contributed by atoms with Gasteiger partial charge in [-0.05, 0) is 44.7 Å². The minimum Gasteiger partial charge on any atom is -0.336 e. The van der Waals surface area contributed by atoms with Crippen molar-refractivity contribution in [2.45, 2.75) is 23.9 Å². The summed E-state index contributed by atoms with van der Waals surface area (Å²) in [6.07, 6.45) is 2.12. The Labute approximate surface area is 163 Å². The largest absolute Gasteiger partial charge is 0.336 e. The number of carbonyl (C=O) groups is 1. The molecule has 0 atom stereocenters. The van der Waals surface area contributed by atoms with Gasteiger partial charge in [-0.2, -0.15) is 0 Å². The third kappa shape index (κ3) is 4.12. The first-order valence-electron chi connectivity index (χ1n) is 7.13. The lowest BCUT2D eigenvalue weighted by atomic mass is 10.3. The smallest absolute Gasteiger partial charge is 0.271 e. The van der Waals surface area contributed by atoms with Crippen LogP contribution in [0, 0.1) is 10.1 Å². The van der Waals surface area contributed by atoms with E-state index in [1.54, 1.807) is 0 Å². The Balaban J connectivity index is 1.64. The van der Waals surface area contributed by atoms with Crippen LogP contribution >= 0.6 is 43.6 Å². The first-order valence-corrected chi connectivity index (χ1v) is 9.70. The van der Waals surface area contributed by atoms with Crippen molar-refractivity contribution >= 4 is 60.9 Å². The number of nitrogens with one attached hydrogen (secondary N) is 1. The summed E-state index contributed by atoms with van der Waals surface area (Å²) in [5, 5.41) is 22.1. The van der Waals surface area contributed by atoms with Gasteiger partial charge in [0.2, 0.25) is 11.1 Å². The normalized spacial score (nSPS) is 13.7. The maximum absolute atomic E-state index is 12.2. The molecule has 9 nitrogen and oxygen atoms in total. The van der Waals surface area contributed by atoms with E-state index in [0.29, 0.717) is 25.7 Å². The van der Waals surface area contributed by atoms with E-state index < -0.39 is 4.92 Å². The van der Waals surface area contributed by atoms with Crippen LogP contribution < -0.4 is 11.2 Å². The van der Waals surface area contributed by atoms with Gasteiger partial charge in [0, 0.05) is 27.0 Å². The van der Waals surface area contributed by atoms with Gasteiger partial charge in [0.15, 0.2) is 5.82 Å². The van der Waals surface area contributed by atoms with Crippen LogP contribution in [0.5, 0.6) is 0 Å². The predicted octanol–water partition coefficient (Wildman–Crippen LogP) is 3.03. The third-order valence-corrected chi connectivity index (χ3v) is 5.66. The number of nitrogens with zero attached hydrogens (tertiary/aromatic N) is 4. The average molecular weight is 492 g/mol. The third-order valence-electron chi connectivity index (χ3n) is 3.47. The minimum atomic E-state index is -0.511. The number of benzene rings is 1. The summed E-state index contributed by atoms with van der Waals surface area (Å²) in [7, 11) is 0. The molecule has 12 heteroatoms. The zero-order chi connectivity index (χ0) is 18.1. The van der Waals surface area contributed by atoms with Gasteiger partial charge in [-0.1, -0.05) is 11.8 Å². The van der Waals surface area contributed by atoms with E-state index in [0.717, 1.165) is 18.7 Å². The monoisotopic (exact) mass is 490 g/mol. The van der Waals surface area contributed by atoms with Gasteiger partial charge >= 0.3 is 0 Å². The highest BCUT2D eigenvalue weighted by Crippen LogP contribution is 2.39. The van der Waals surface area contributed by atoms with Gasteiger partial charge in [-0.3, -0.25) is 14.9 Å². The molecule has 132 valence electrons. The van der Waals surface area contributed by atoms with E-state index in [1.165, 1.54) is 28.6 Å². The van der Waals surface area contributed by atoms with Crippen LogP contribution in [0.2, 0.25) is 0 Å². The number of aromatic nitrogens is 3. The lowest BCUT2D eigenvalue weighted by Crippen LogP contribution is -2.17. The summed E-state index contributed by atoms with van der Waals surface area (Å²) >= 11 is 7.63. The molecule has 1 aromatic heterocycles. The van der Waals surface area contributed by atoms with E-state index in [1.807, 2.05) is 0 Å². The van der Waals surface area contributed by atoms with Crippen molar-refractivity contribution in [1.29, 1.82) is 0 Å². The number of halogens is 2. The van der Waals surface area contributed by atoms with Gasteiger partial charge in [0.1, 0.15) is 0 Å². The molecule has 3 rings (SSSR count). The van der Waals surface area contributed by atoms with Crippen molar-refractivity contribution < 1.29 is 9.72 Å². The number of thioether (sulfide) groups is 1. The second kappa shape index (κ2) is 7.30. The summed E-state index contributed by atoms with van der Waals surface area (Å²) in [5.74, 6) is 6.83. The van der Waals surface area contributed by atoms with Crippen molar-refractivity contribution in [2.75, 3.05) is 16.9 Å². The number of rotatable bonds is 6. The molecule has 0 aliphatic heterocycles. The van der Waals surface area contributed by atoms with E-state index in [9.17, 15) is 14.9 Å². The zero-order valence-corrected chi connectivity index (χ0v) is 16.6. The summed E-state index contributed by atoms with van der Waals surface area (Å²) in [5.41, 5.74) is 0.332. The van der Waals surface area contributed by atoms with E-state index >= 15 is 0 Å². The molecule has 1 amide bonds. The molecule has 3 N–H and O–H groups in total. The molecule has 25 heavy (non-hydrogen) atoms. The van der Waals surface area contributed by atoms with Crippen molar-refractivity contribution in [3.8, 4) is 0 Å². The molecule has 1 aromatic carbocycles. The lowest BCUT2D eigenvalue weighted by Gasteiger charge is -2.09.